The molecular weight excluding hydrogens is 331 g/mol. The molecule has 0 aromatic heterocycles. The van der Waals surface area contributed by atoms with E-state index in [0.717, 1.165) is 77.4 Å². The molecule has 0 radical (unpaired) electrons. The fraction of sp³-hybridized carbons (Fsp3) is 1.00. The van der Waals surface area contributed by atoms with Gasteiger partial charge in [0, 0.05) is 0 Å². The molecule has 0 nitrogen and oxygen atoms in total. The van der Waals surface area contributed by atoms with Crippen LogP contribution in [-0.2, 0) is 0 Å². The van der Waals surface area contributed by atoms with Gasteiger partial charge in [-0.3, -0.25) is 4.39 Å². The molecule has 27 heavy (non-hydrogen) atoms. The topological polar surface area (TPSA) is 0 Å². The summed E-state index contributed by atoms with van der Waals surface area (Å²) in [6.07, 6.45) is 5.73. The summed E-state index contributed by atoms with van der Waals surface area (Å²) in [5.74, 6) is 22.7. The van der Waals surface area contributed by atoms with Crippen molar-refractivity contribution in [3.63, 3.8) is 0 Å². The van der Waals surface area contributed by atoms with Crippen molar-refractivity contribution in [2.45, 2.75) is 32.6 Å². The van der Waals surface area contributed by atoms with Crippen LogP contribution in [0, 0.1) is 118 Å². The van der Waals surface area contributed by atoms with Crippen LogP contribution in [0.2, 0.25) is 0 Å². The summed E-state index contributed by atoms with van der Waals surface area (Å²) in [6.45, 7) is 2.49. The maximum absolute atomic E-state index is 13.3. The summed E-state index contributed by atoms with van der Waals surface area (Å²) in [5.41, 5.74) is 0. The van der Waals surface area contributed by atoms with Gasteiger partial charge in [0.1, 0.15) is 0 Å². The van der Waals surface area contributed by atoms with Crippen molar-refractivity contribution in [3.05, 3.63) is 0 Å². The minimum Gasteiger partial charge on any atom is -0.251 e. The molecule has 0 aromatic carbocycles. The van der Waals surface area contributed by atoms with Gasteiger partial charge in [0.2, 0.25) is 0 Å². The monoisotopic (exact) mass is 364 g/mol. The molecule has 0 N–H and O–H groups in total. The predicted octanol–water partition coefficient (Wildman–Crippen LogP) is 5.00. The third-order valence-corrected chi connectivity index (χ3v) is 14.2. The Balaban J connectivity index is 0.988. The maximum atomic E-state index is 13.3. The van der Waals surface area contributed by atoms with Crippen LogP contribution in [0.25, 0.3) is 0 Å². The first-order chi connectivity index (χ1) is 13.3. The van der Waals surface area contributed by atoms with Crippen LogP contribution in [0.5, 0.6) is 0 Å². The Kier molecular flexibility index (Phi) is 1.99. The van der Waals surface area contributed by atoms with E-state index in [1.165, 1.54) is 47.3 Å². The lowest BCUT2D eigenvalue weighted by Gasteiger charge is -2.82. The van der Waals surface area contributed by atoms with Gasteiger partial charge in [-0.15, -0.1) is 0 Å². The quantitative estimate of drug-likeness (QED) is 0.619. The van der Waals surface area contributed by atoms with Crippen LogP contribution in [-0.4, -0.2) is 6.67 Å². The number of hydrogen-bond acceptors (Lipinski definition) is 0. The van der Waals surface area contributed by atoms with E-state index in [4.69, 9.17) is 0 Å². The standard InChI is InChI=1S/C26H33F/c1-7-4-11-14(7)12-6-13(15(11)12)20-16-8(2-3-27)17(16)21-24(20)26-23-19-10-5-9(10)18(19)22(23)25(21)26/h7-26H,2-6H2,1H3. The lowest BCUT2D eigenvalue weighted by Crippen LogP contribution is -2.79. The Bertz CT molecular complexity index is 783. The highest BCUT2D eigenvalue weighted by atomic mass is 19.1. The Morgan fingerprint density at radius 3 is 1.63 bits per heavy atom. The van der Waals surface area contributed by atoms with Crippen molar-refractivity contribution in [3.8, 4) is 0 Å². The molecule has 144 valence electrons. The molecule has 0 saturated heterocycles. The second-order valence-electron chi connectivity index (χ2n) is 13.7. The van der Waals surface area contributed by atoms with Crippen molar-refractivity contribution < 1.29 is 4.39 Å². The molecule has 10 rings (SSSR count). The van der Waals surface area contributed by atoms with E-state index in [1.54, 1.807) is 19.3 Å². The molecule has 0 heterocycles. The van der Waals surface area contributed by atoms with Crippen molar-refractivity contribution in [2.75, 3.05) is 6.67 Å². The smallest absolute Gasteiger partial charge is 0.0897 e. The third-order valence-electron chi connectivity index (χ3n) is 14.2. The summed E-state index contributed by atoms with van der Waals surface area (Å²) in [5, 5.41) is 0. The number of rotatable bonds is 3. The molecule has 0 aromatic rings. The van der Waals surface area contributed by atoms with Crippen LogP contribution < -0.4 is 0 Å². The molecular formula is C26H33F. The molecule has 0 bridgehead atoms. The molecule has 20 atom stereocenters. The van der Waals surface area contributed by atoms with Gasteiger partial charge in [-0.25, -0.2) is 0 Å². The Morgan fingerprint density at radius 1 is 0.519 bits per heavy atom. The zero-order valence-corrected chi connectivity index (χ0v) is 16.5. The molecule has 1 heteroatoms. The number of halogens is 1. The number of hydrogen-bond donors (Lipinski definition) is 0. The van der Waals surface area contributed by atoms with E-state index >= 15 is 0 Å². The average Bonchev–Trinajstić information content (AvgIpc) is 3.46. The summed E-state index contributed by atoms with van der Waals surface area (Å²) in [4.78, 5) is 0. The van der Waals surface area contributed by atoms with Gasteiger partial charge in [-0.1, -0.05) is 6.92 Å². The summed E-state index contributed by atoms with van der Waals surface area (Å²) < 4.78 is 13.3. The van der Waals surface area contributed by atoms with Crippen molar-refractivity contribution >= 4 is 0 Å². The highest BCUT2D eigenvalue weighted by Gasteiger charge is 2.89. The first-order valence-electron chi connectivity index (χ1n) is 12.9. The number of fused-ring (bicyclic) bond motifs is 19. The van der Waals surface area contributed by atoms with Crippen LogP contribution in [0.3, 0.4) is 0 Å². The van der Waals surface area contributed by atoms with Crippen molar-refractivity contribution in [2.24, 2.45) is 118 Å². The highest BCUT2D eigenvalue weighted by molar-refractivity contribution is 5.36. The predicted molar refractivity (Wildman–Crippen MR) is 99.9 cm³/mol. The molecule has 10 aliphatic rings. The Labute approximate surface area is 162 Å². The van der Waals surface area contributed by atoms with Crippen LogP contribution in [0.4, 0.5) is 4.39 Å². The van der Waals surface area contributed by atoms with Gasteiger partial charge in [0.25, 0.3) is 0 Å². The van der Waals surface area contributed by atoms with E-state index in [0.29, 0.717) is 0 Å². The molecule has 0 aliphatic heterocycles. The fourth-order valence-corrected chi connectivity index (χ4v) is 13.9. The lowest BCUT2D eigenvalue weighted by molar-refractivity contribution is -0.355. The fourth-order valence-electron chi connectivity index (χ4n) is 13.9. The maximum Gasteiger partial charge on any atom is 0.0897 e. The Hall–Kier alpha value is -0.0700. The normalized spacial score (nSPS) is 83.8. The van der Waals surface area contributed by atoms with Crippen LogP contribution in [0.1, 0.15) is 32.6 Å². The summed E-state index contributed by atoms with van der Waals surface area (Å²) in [7, 11) is 0. The number of alkyl halides is 1. The van der Waals surface area contributed by atoms with E-state index in [-0.39, 0.29) is 6.67 Å². The van der Waals surface area contributed by atoms with E-state index in [1.807, 2.05) is 0 Å². The minimum absolute atomic E-state index is 0.0324. The molecule has 0 amide bonds. The molecule has 10 saturated carbocycles. The SMILES string of the molecule is CC1CC2C1C1CC(C3C4C(CCF)C4C4C3C3C5C6C7CC7C6C5C43)C21. The zero-order chi connectivity index (χ0) is 17.1. The van der Waals surface area contributed by atoms with E-state index in [9.17, 15) is 4.39 Å². The highest BCUT2D eigenvalue weighted by Crippen LogP contribution is 2.93. The van der Waals surface area contributed by atoms with Gasteiger partial charge in [-0.2, -0.15) is 0 Å². The average molecular weight is 365 g/mol. The summed E-state index contributed by atoms with van der Waals surface area (Å²) >= 11 is 0. The van der Waals surface area contributed by atoms with E-state index < -0.39 is 0 Å². The first kappa shape index (κ1) is 14.0. The van der Waals surface area contributed by atoms with Crippen molar-refractivity contribution in [1.82, 2.24) is 0 Å². The minimum atomic E-state index is -0.0324. The van der Waals surface area contributed by atoms with Gasteiger partial charge >= 0.3 is 0 Å². The van der Waals surface area contributed by atoms with Gasteiger partial charge in [0.15, 0.2) is 0 Å². The second kappa shape index (κ2) is 3.82. The largest absolute Gasteiger partial charge is 0.251 e. The molecule has 20 unspecified atom stereocenters. The van der Waals surface area contributed by atoms with Gasteiger partial charge < -0.3 is 0 Å². The van der Waals surface area contributed by atoms with Crippen LogP contribution >= 0.6 is 0 Å². The Morgan fingerprint density at radius 2 is 1.00 bits per heavy atom. The lowest BCUT2D eigenvalue weighted by atomic mass is 9.22. The molecule has 0 spiro atoms. The molecule has 10 aliphatic carbocycles. The van der Waals surface area contributed by atoms with Gasteiger partial charge in [0.05, 0.1) is 6.67 Å². The third kappa shape index (κ3) is 1.12. The van der Waals surface area contributed by atoms with Crippen LogP contribution in [0.15, 0.2) is 0 Å². The second-order valence-corrected chi connectivity index (χ2v) is 13.7. The van der Waals surface area contributed by atoms with Crippen molar-refractivity contribution in [1.29, 1.82) is 0 Å². The van der Waals surface area contributed by atoms with E-state index in [2.05, 4.69) is 6.92 Å². The summed E-state index contributed by atoms with van der Waals surface area (Å²) in [6, 6.07) is 0. The van der Waals surface area contributed by atoms with Gasteiger partial charge in [-0.05, 0) is 144 Å². The zero-order valence-electron chi connectivity index (χ0n) is 16.5. The molecule has 10 fully saturated rings. The first-order valence-corrected chi connectivity index (χ1v) is 12.9.